The van der Waals surface area contributed by atoms with Crippen LogP contribution in [0.3, 0.4) is 0 Å². The van der Waals surface area contributed by atoms with E-state index in [2.05, 4.69) is 6.42 Å². The molecule has 85 valence electrons. The molecule has 0 aromatic heterocycles. The Balaban J connectivity index is 2.78. The van der Waals surface area contributed by atoms with Crippen LogP contribution in [-0.2, 0) is 18.9 Å². The molecule has 0 spiro atoms. The van der Waals surface area contributed by atoms with E-state index in [1.165, 1.54) is 0 Å². The van der Waals surface area contributed by atoms with Gasteiger partial charge in [0.2, 0.25) is 0 Å². The molecule has 4 nitrogen and oxygen atoms in total. The maximum atomic E-state index is 5.27. The van der Waals surface area contributed by atoms with E-state index in [4.69, 9.17) is 18.9 Å². The summed E-state index contributed by atoms with van der Waals surface area (Å²) in [4.78, 5) is 0. The number of hydrogen-bond donors (Lipinski definition) is 0. The van der Waals surface area contributed by atoms with Crippen molar-refractivity contribution < 1.29 is 18.9 Å². The van der Waals surface area contributed by atoms with E-state index >= 15 is 0 Å². The molecule has 0 amide bonds. The highest BCUT2D eigenvalue weighted by atomic mass is 16.5. The zero-order chi connectivity index (χ0) is 10.5. The lowest BCUT2D eigenvalue weighted by molar-refractivity contribution is 0.0639. The Morgan fingerprint density at radius 3 is 2.07 bits per heavy atom. The second-order valence-corrected chi connectivity index (χ2v) is 2.75. The molecule has 0 rings (SSSR count). The third-order valence-corrected chi connectivity index (χ3v) is 1.57. The molecule has 0 unspecified atom stereocenters. The van der Waals surface area contributed by atoms with Crippen molar-refractivity contribution in [3.8, 4) is 0 Å². The largest absolute Gasteiger partial charge is 0.382 e. The molecule has 0 N–H and O–H groups in total. The average molecular weight is 205 g/mol. The third-order valence-electron chi connectivity index (χ3n) is 1.57. The Bertz CT molecular complexity index is 86.1. The summed E-state index contributed by atoms with van der Waals surface area (Å²) in [6, 6.07) is 0. The molecule has 0 aromatic carbocycles. The van der Waals surface area contributed by atoms with Gasteiger partial charge in [0.15, 0.2) is 0 Å². The molecule has 14 heavy (non-hydrogen) atoms. The number of hydrogen-bond acceptors (Lipinski definition) is 4. The van der Waals surface area contributed by atoms with Crippen LogP contribution < -0.4 is 0 Å². The number of rotatable bonds is 11. The Kier molecular flexibility index (Phi) is 12.7. The zero-order valence-electron chi connectivity index (χ0n) is 9.16. The Morgan fingerprint density at radius 1 is 0.786 bits per heavy atom. The van der Waals surface area contributed by atoms with Gasteiger partial charge in [0.25, 0.3) is 0 Å². The number of ether oxygens (including phenoxy) is 4. The van der Waals surface area contributed by atoms with Crippen LogP contribution in [0.15, 0.2) is 0 Å². The van der Waals surface area contributed by atoms with E-state index in [1.807, 2.05) is 0 Å². The average Bonchev–Trinajstić information content (AvgIpc) is 2.21. The van der Waals surface area contributed by atoms with Crippen LogP contribution in [0.2, 0.25) is 0 Å². The molecular formula is C10H21O4. The summed E-state index contributed by atoms with van der Waals surface area (Å²) < 4.78 is 20.2. The number of unbranched alkanes of at least 4 members (excludes halogenated alkanes) is 1. The highest BCUT2D eigenvalue weighted by Gasteiger charge is 1.91. The van der Waals surface area contributed by atoms with E-state index in [0.717, 1.165) is 13.0 Å². The first-order valence-corrected chi connectivity index (χ1v) is 4.87. The fourth-order valence-electron chi connectivity index (χ4n) is 0.803. The van der Waals surface area contributed by atoms with Crippen molar-refractivity contribution in [2.24, 2.45) is 0 Å². The highest BCUT2D eigenvalue weighted by Crippen LogP contribution is 1.90. The molecule has 0 fully saturated rings. The van der Waals surface area contributed by atoms with Gasteiger partial charge in [-0.2, -0.15) is 0 Å². The van der Waals surface area contributed by atoms with Crippen molar-refractivity contribution in [3.05, 3.63) is 6.42 Å². The molecule has 1 radical (unpaired) electrons. The maximum Gasteiger partial charge on any atom is 0.0700 e. The summed E-state index contributed by atoms with van der Waals surface area (Å²) in [5.41, 5.74) is 0. The molecule has 0 saturated heterocycles. The van der Waals surface area contributed by atoms with Crippen molar-refractivity contribution in [1.29, 1.82) is 0 Å². The van der Waals surface area contributed by atoms with Crippen LogP contribution in [0.25, 0.3) is 0 Å². The molecule has 0 aromatic rings. The Morgan fingerprint density at radius 2 is 1.43 bits per heavy atom. The monoisotopic (exact) mass is 205 g/mol. The van der Waals surface area contributed by atoms with E-state index in [1.54, 1.807) is 14.2 Å². The van der Waals surface area contributed by atoms with Gasteiger partial charge in [0.1, 0.15) is 0 Å². The van der Waals surface area contributed by atoms with Gasteiger partial charge in [-0.1, -0.05) is 0 Å². The summed E-state index contributed by atoms with van der Waals surface area (Å²) in [5, 5.41) is 0. The van der Waals surface area contributed by atoms with Gasteiger partial charge in [0, 0.05) is 27.4 Å². The lowest BCUT2D eigenvalue weighted by atomic mass is 10.3. The SMILES string of the molecule is COCCOC[CH]CCOCCOC. The van der Waals surface area contributed by atoms with E-state index in [9.17, 15) is 0 Å². The lowest BCUT2D eigenvalue weighted by Crippen LogP contribution is -2.06. The van der Waals surface area contributed by atoms with Gasteiger partial charge in [-0.15, -0.1) is 0 Å². The normalized spacial score (nSPS) is 10.7. The predicted molar refractivity (Wildman–Crippen MR) is 54.3 cm³/mol. The van der Waals surface area contributed by atoms with Gasteiger partial charge < -0.3 is 18.9 Å². The van der Waals surface area contributed by atoms with Gasteiger partial charge in [-0.05, 0) is 12.8 Å². The van der Waals surface area contributed by atoms with Gasteiger partial charge in [0.05, 0.1) is 26.4 Å². The smallest absolute Gasteiger partial charge is 0.0700 e. The molecule has 0 bridgehead atoms. The third kappa shape index (κ3) is 11.8. The van der Waals surface area contributed by atoms with Crippen molar-refractivity contribution in [2.45, 2.75) is 6.42 Å². The van der Waals surface area contributed by atoms with Crippen molar-refractivity contribution in [2.75, 3.05) is 53.9 Å². The minimum absolute atomic E-state index is 0.650. The quantitative estimate of drug-likeness (QED) is 0.470. The van der Waals surface area contributed by atoms with E-state index in [0.29, 0.717) is 33.0 Å². The molecule has 0 saturated carbocycles. The summed E-state index contributed by atoms with van der Waals surface area (Å²) >= 11 is 0. The van der Waals surface area contributed by atoms with Crippen molar-refractivity contribution >= 4 is 0 Å². The van der Waals surface area contributed by atoms with Crippen LogP contribution >= 0.6 is 0 Å². The standard InChI is InChI=1S/C10H21O4/c1-11-7-9-13-5-3-4-6-14-10-8-12-2/h3H,4-10H2,1-2H3. The fourth-order valence-corrected chi connectivity index (χ4v) is 0.803. The molecule has 4 heteroatoms. The van der Waals surface area contributed by atoms with Crippen LogP contribution in [0.5, 0.6) is 0 Å². The second kappa shape index (κ2) is 12.8. The first kappa shape index (κ1) is 13.8. The molecule has 0 atom stereocenters. The lowest BCUT2D eigenvalue weighted by Gasteiger charge is -2.04. The van der Waals surface area contributed by atoms with Crippen molar-refractivity contribution in [1.82, 2.24) is 0 Å². The summed E-state index contributed by atoms with van der Waals surface area (Å²) in [6.45, 7) is 4.02. The zero-order valence-corrected chi connectivity index (χ0v) is 9.16. The summed E-state index contributed by atoms with van der Waals surface area (Å²) in [5.74, 6) is 0. The maximum absolute atomic E-state index is 5.27. The molecular weight excluding hydrogens is 184 g/mol. The minimum Gasteiger partial charge on any atom is -0.382 e. The summed E-state index contributed by atoms with van der Waals surface area (Å²) in [7, 11) is 3.33. The Labute approximate surface area is 86.5 Å². The first-order valence-electron chi connectivity index (χ1n) is 4.87. The van der Waals surface area contributed by atoms with E-state index in [-0.39, 0.29) is 0 Å². The fraction of sp³-hybridized carbons (Fsp3) is 0.900. The van der Waals surface area contributed by atoms with Gasteiger partial charge in [-0.25, -0.2) is 0 Å². The van der Waals surface area contributed by atoms with Crippen LogP contribution in [0.1, 0.15) is 6.42 Å². The summed E-state index contributed by atoms with van der Waals surface area (Å²) in [6.07, 6.45) is 2.97. The predicted octanol–water partition coefficient (Wildman–Crippen LogP) is 0.907. The van der Waals surface area contributed by atoms with Gasteiger partial charge in [-0.3, -0.25) is 0 Å². The topological polar surface area (TPSA) is 36.9 Å². The van der Waals surface area contributed by atoms with Crippen molar-refractivity contribution in [3.63, 3.8) is 0 Å². The second-order valence-electron chi connectivity index (χ2n) is 2.75. The van der Waals surface area contributed by atoms with Crippen LogP contribution in [0.4, 0.5) is 0 Å². The van der Waals surface area contributed by atoms with Gasteiger partial charge >= 0.3 is 0 Å². The van der Waals surface area contributed by atoms with Crippen LogP contribution in [0, 0.1) is 6.42 Å². The first-order chi connectivity index (χ1) is 6.91. The molecule has 0 aliphatic carbocycles. The van der Waals surface area contributed by atoms with E-state index < -0.39 is 0 Å². The molecule has 0 heterocycles. The molecule has 0 aliphatic rings. The molecule has 0 aliphatic heterocycles. The highest BCUT2D eigenvalue weighted by molar-refractivity contribution is 4.62. The number of methoxy groups -OCH3 is 2. The Hall–Kier alpha value is -0.160. The minimum atomic E-state index is 0.650. The van der Waals surface area contributed by atoms with Crippen LogP contribution in [-0.4, -0.2) is 53.9 Å².